The van der Waals surface area contributed by atoms with Crippen molar-refractivity contribution in [3.8, 4) is 22.9 Å². The first-order chi connectivity index (χ1) is 13.3. The van der Waals surface area contributed by atoms with Gasteiger partial charge in [-0.15, -0.1) is 0 Å². The van der Waals surface area contributed by atoms with Crippen LogP contribution in [0.25, 0.3) is 11.4 Å². The maximum atomic E-state index is 6.07. The molecule has 0 amide bonds. The quantitative estimate of drug-likeness (QED) is 0.705. The van der Waals surface area contributed by atoms with Crippen molar-refractivity contribution in [2.24, 2.45) is 0 Å². The second-order valence-corrected chi connectivity index (χ2v) is 6.93. The van der Waals surface area contributed by atoms with Crippen LogP contribution in [-0.2, 0) is 0 Å². The van der Waals surface area contributed by atoms with Gasteiger partial charge in [0, 0.05) is 31.0 Å². The molecular formula is C20H20N4O3. The van der Waals surface area contributed by atoms with Crippen LogP contribution < -0.4 is 9.47 Å². The van der Waals surface area contributed by atoms with E-state index >= 15 is 0 Å². The van der Waals surface area contributed by atoms with Crippen LogP contribution in [0.15, 0.2) is 53.3 Å². The van der Waals surface area contributed by atoms with Crippen molar-refractivity contribution in [1.82, 2.24) is 20.0 Å². The van der Waals surface area contributed by atoms with Crippen LogP contribution >= 0.6 is 0 Å². The molecule has 1 saturated heterocycles. The summed E-state index contributed by atoms with van der Waals surface area (Å²) in [7, 11) is 0. The summed E-state index contributed by atoms with van der Waals surface area (Å²) in [6, 6.07) is 11.6. The summed E-state index contributed by atoms with van der Waals surface area (Å²) >= 11 is 0. The summed E-state index contributed by atoms with van der Waals surface area (Å²) in [5.74, 6) is 3.22. The van der Waals surface area contributed by atoms with Crippen LogP contribution in [0.4, 0.5) is 0 Å². The van der Waals surface area contributed by atoms with E-state index in [0.717, 1.165) is 43.1 Å². The Balaban J connectivity index is 1.21. The summed E-state index contributed by atoms with van der Waals surface area (Å²) in [5.41, 5.74) is 0.918. The van der Waals surface area contributed by atoms with Gasteiger partial charge in [0.05, 0.1) is 5.92 Å². The monoisotopic (exact) mass is 364 g/mol. The molecule has 0 radical (unpaired) electrons. The zero-order chi connectivity index (χ0) is 18.1. The fourth-order valence-electron chi connectivity index (χ4n) is 3.66. The summed E-state index contributed by atoms with van der Waals surface area (Å²) in [4.78, 5) is 11.0. The van der Waals surface area contributed by atoms with Crippen molar-refractivity contribution in [3.63, 3.8) is 0 Å². The fraction of sp³-hybridized carbons (Fsp3) is 0.350. The number of rotatable bonds is 4. The number of fused-ring (bicyclic) bond motifs is 1. The molecule has 7 nitrogen and oxygen atoms in total. The Labute approximate surface area is 156 Å². The smallest absolute Gasteiger partial charge is 0.231 e. The number of aromatic nitrogens is 3. The van der Waals surface area contributed by atoms with E-state index in [9.17, 15) is 0 Å². The molecular weight excluding hydrogens is 344 g/mol. The first kappa shape index (κ1) is 16.3. The normalized spacial score (nSPS) is 22.1. The molecule has 0 bridgehead atoms. The predicted octanol–water partition coefficient (Wildman–Crippen LogP) is 2.76. The Kier molecular flexibility index (Phi) is 4.21. The van der Waals surface area contributed by atoms with E-state index in [1.807, 2.05) is 36.4 Å². The molecule has 138 valence electrons. The minimum Gasteiger partial charge on any atom is -0.486 e. The van der Waals surface area contributed by atoms with Crippen molar-refractivity contribution in [3.05, 3.63) is 54.7 Å². The maximum Gasteiger partial charge on any atom is 0.231 e. The van der Waals surface area contributed by atoms with Gasteiger partial charge >= 0.3 is 0 Å². The Hall–Kier alpha value is -2.93. The summed E-state index contributed by atoms with van der Waals surface area (Å²) in [6.45, 7) is 3.28. The predicted molar refractivity (Wildman–Crippen MR) is 97.7 cm³/mol. The molecule has 0 spiro atoms. The van der Waals surface area contributed by atoms with Gasteiger partial charge in [-0.1, -0.05) is 17.3 Å². The van der Waals surface area contributed by atoms with Crippen LogP contribution in [-0.4, -0.2) is 52.4 Å². The summed E-state index contributed by atoms with van der Waals surface area (Å²) in [6.07, 6.45) is 4.50. The van der Waals surface area contributed by atoms with Crippen molar-refractivity contribution < 1.29 is 14.0 Å². The molecule has 3 aromatic rings. The number of hydrogen-bond acceptors (Lipinski definition) is 7. The van der Waals surface area contributed by atoms with Crippen molar-refractivity contribution in [1.29, 1.82) is 0 Å². The van der Waals surface area contributed by atoms with Gasteiger partial charge in [0.2, 0.25) is 11.7 Å². The molecule has 0 saturated carbocycles. The number of ether oxygens (including phenoxy) is 2. The molecule has 4 heterocycles. The zero-order valence-electron chi connectivity index (χ0n) is 14.8. The molecule has 0 aliphatic carbocycles. The molecule has 1 fully saturated rings. The van der Waals surface area contributed by atoms with Crippen LogP contribution in [0.3, 0.4) is 0 Å². The average Bonchev–Trinajstić information content (AvgIpc) is 3.38. The third-order valence-electron chi connectivity index (χ3n) is 5.03. The van der Waals surface area contributed by atoms with Gasteiger partial charge in [0.25, 0.3) is 0 Å². The van der Waals surface area contributed by atoms with Crippen LogP contribution in [0.1, 0.15) is 18.2 Å². The van der Waals surface area contributed by atoms with Gasteiger partial charge in [0.1, 0.15) is 12.7 Å². The van der Waals surface area contributed by atoms with E-state index < -0.39 is 0 Å². The van der Waals surface area contributed by atoms with E-state index in [0.29, 0.717) is 18.3 Å². The van der Waals surface area contributed by atoms with E-state index in [-0.39, 0.29) is 12.0 Å². The van der Waals surface area contributed by atoms with Crippen LogP contribution in [0, 0.1) is 0 Å². The molecule has 2 atom stereocenters. The molecule has 1 aromatic carbocycles. The van der Waals surface area contributed by atoms with E-state index in [1.165, 1.54) is 0 Å². The standard InChI is InChI=1S/C20H20N4O3/c1-2-4-18-17(3-1)25-13-16(26-18)12-24-10-7-15(11-24)20-22-19(23-27-20)14-5-8-21-9-6-14/h1-6,8-9,15-16H,7,10-13H2. The van der Waals surface area contributed by atoms with Gasteiger partial charge in [-0.25, -0.2) is 0 Å². The second kappa shape index (κ2) is 7.00. The molecule has 2 aromatic heterocycles. The Morgan fingerprint density at radius 2 is 1.93 bits per heavy atom. The first-order valence-electron chi connectivity index (χ1n) is 9.20. The fourth-order valence-corrected chi connectivity index (χ4v) is 3.66. The van der Waals surface area contributed by atoms with Crippen molar-refractivity contribution in [2.45, 2.75) is 18.4 Å². The molecule has 5 rings (SSSR count). The van der Waals surface area contributed by atoms with Gasteiger partial charge in [-0.3, -0.25) is 9.88 Å². The zero-order valence-corrected chi connectivity index (χ0v) is 14.8. The highest BCUT2D eigenvalue weighted by Crippen LogP contribution is 2.32. The lowest BCUT2D eigenvalue weighted by Gasteiger charge is -2.29. The topological polar surface area (TPSA) is 73.5 Å². The summed E-state index contributed by atoms with van der Waals surface area (Å²) < 4.78 is 17.4. The third-order valence-corrected chi connectivity index (χ3v) is 5.03. The number of para-hydroxylation sites is 2. The van der Waals surface area contributed by atoms with Crippen molar-refractivity contribution >= 4 is 0 Å². The number of nitrogens with zero attached hydrogens (tertiary/aromatic N) is 4. The second-order valence-electron chi connectivity index (χ2n) is 6.93. The molecule has 2 unspecified atom stereocenters. The number of hydrogen-bond donors (Lipinski definition) is 0. The molecule has 2 aliphatic rings. The van der Waals surface area contributed by atoms with Crippen molar-refractivity contribution in [2.75, 3.05) is 26.2 Å². The lowest BCUT2D eigenvalue weighted by Crippen LogP contribution is -2.40. The van der Waals surface area contributed by atoms with E-state index in [2.05, 4.69) is 20.0 Å². The minimum absolute atomic E-state index is 0.0358. The Morgan fingerprint density at radius 1 is 1.07 bits per heavy atom. The van der Waals surface area contributed by atoms with Gasteiger partial charge in [0.15, 0.2) is 11.5 Å². The third kappa shape index (κ3) is 3.38. The highest BCUT2D eigenvalue weighted by atomic mass is 16.6. The lowest BCUT2D eigenvalue weighted by atomic mass is 10.1. The number of pyridine rings is 1. The SMILES string of the molecule is c1ccc2c(c1)OCC(CN1CCC(c3nc(-c4ccncc4)no3)C1)O2. The average molecular weight is 364 g/mol. The van der Waals surface area contributed by atoms with Gasteiger partial charge < -0.3 is 14.0 Å². The lowest BCUT2D eigenvalue weighted by molar-refractivity contribution is 0.0645. The van der Waals surface area contributed by atoms with Crippen LogP contribution in [0.2, 0.25) is 0 Å². The first-order valence-corrected chi connectivity index (χ1v) is 9.20. The molecule has 27 heavy (non-hydrogen) atoms. The largest absolute Gasteiger partial charge is 0.486 e. The summed E-state index contributed by atoms with van der Waals surface area (Å²) in [5, 5.41) is 4.12. The number of likely N-dealkylation sites (tertiary alicyclic amines) is 1. The minimum atomic E-state index is 0.0358. The van der Waals surface area contributed by atoms with Gasteiger partial charge in [-0.05, 0) is 37.2 Å². The molecule has 2 aliphatic heterocycles. The highest BCUT2D eigenvalue weighted by Gasteiger charge is 2.31. The van der Waals surface area contributed by atoms with Crippen LogP contribution in [0.5, 0.6) is 11.5 Å². The van der Waals surface area contributed by atoms with Gasteiger partial charge in [-0.2, -0.15) is 4.98 Å². The maximum absolute atomic E-state index is 6.07. The number of benzene rings is 1. The Bertz CT molecular complexity index is 914. The van der Waals surface area contributed by atoms with E-state index in [1.54, 1.807) is 12.4 Å². The highest BCUT2D eigenvalue weighted by molar-refractivity contribution is 5.52. The van der Waals surface area contributed by atoms with E-state index in [4.69, 9.17) is 14.0 Å². The molecule has 7 heteroatoms. The molecule has 0 N–H and O–H groups in total. The Morgan fingerprint density at radius 3 is 2.81 bits per heavy atom.